The molecule has 1 aromatic rings. The Labute approximate surface area is 172 Å². The average Bonchev–Trinajstić information content (AvgIpc) is 3.02. The Balaban J connectivity index is 1.85. The number of likely N-dealkylation sites (tertiary alicyclic amines) is 2. The number of hydrogen-bond donors (Lipinski definition) is 0. The Morgan fingerprint density at radius 1 is 1.18 bits per heavy atom. The molecule has 0 N–H and O–H groups in total. The van der Waals surface area contributed by atoms with E-state index in [0.717, 1.165) is 4.90 Å². The van der Waals surface area contributed by atoms with E-state index in [1.165, 1.54) is 30.1 Å². The van der Waals surface area contributed by atoms with E-state index >= 15 is 0 Å². The van der Waals surface area contributed by atoms with E-state index in [1.54, 1.807) is 11.8 Å². The van der Waals surface area contributed by atoms with E-state index in [1.807, 2.05) is 6.92 Å². The topological polar surface area (TPSA) is 78.0 Å². The molecule has 3 heterocycles. The molecular formula is C19H19Cl2N3O4. The molecule has 7 nitrogen and oxygen atoms in total. The maximum absolute atomic E-state index is 13.4. The number of halogens is 2. The largest absolute Gasteiger partial charge is 0.339 e. The van der Waals surface area contributed by atoms with Crippen LogP contribution >= 0.6 is 23.2 Å². The molecule has 4 amide bonds. The van der Waals surface area contributed by atoms with Crippen LogP contribution in [0.2, 0.25) is 10.0 Å². The monoisotopic (exact) mass is 423 g/mol. The number of hydrogen-bond acceptors (Lipinski definition) is 4. The summed E-state index contributed by atoms with van der Waals surface area (Å²) in [6.45, 7) is 4.08. The Hall–Kier alpha value is -2.12. The van der Waals surface area contributed by atoms with E-state index in [9.17, 15) is 19.2 Å². The van der Waals surface area contributed by atoms with Crippen LogP contribution in [0.25, 0.3) is 0 Å². The van der Waals surface area contributed by atoms with Gasteiger partial charge in [-0.15, -0.1) is 0 Å². The molecule has 3 fully saturated rings. The predicted molar refractivity (Wildman–Crippen MR) is 102 cm³/mol. The van der Waals surface area contributed by atoms with E-state index in [0.29, 0.717) is 11.6 Å². The van der Waals surface area contributed by atoms with Gasteiger partial charge in [-0.25, -0.2) is 0 Å². The highest BCUT2D eigenvalue weighted by atomic mass is 35.5. The lowest BCUT2D eigenvalue weighted by Crippen LogP contribution is -2.68. The highest BCUT2D eigenvalue weighted by Crippen LogP contribution is 2.52. The zero-order chi connectivity index (χ0) is 20.5. The molecule has 4 rings (SSSR count). The molecule has 4 atom stereocenters. The van der Waals surface area contributed by atoms with Crippen molar-refractivity contribution >= 4 is 46.8 Å². The van der Waals surface area contributed by atoms with Gasteiger partial charge < -0.3 is 9.80 Å². The van der Waals surface area contributed by atoms with Crippen LogP contribution in [0, 0.1) is 11.8 Å². The highest BCUT2D eigenvalue weighted by Gasteiger charge is 2.73. The lowest BCUT2D eigenvalue weighted by atomic mass is 9.81. The lowest BCUT2D eigenvalue weighted by Gasteiger charge is -2.47. The van der Waals surface area contributed by atoms with Crippen LogP contribution < -0.4 is 0 Å². The quantitative estimate of drug-likeness (QED) is 0.677. The van der Waals surface area contributed by atoms with E-state index in [2.05, 4.69) is 0 Å². The molecule has 0 spiro atoms. The number of carbonyl (C=O) groups is 4. The number of amides is 4. The third-order valence-electron chi connectivity index (χ3n) is 6.32. The zero-order valence-electron chi connectivity index (χ0n) is 15.6. The molecule has 0 aliphatic carbocycles. The first kappa shape index (κ1) is 19.2. The number of imide groups is 1. The van der Waals surface area contributed by atoms with Crippen molar-refractivity contribution in [2.45, 2.75) is 25.4 Å². The van der Waals surface area contributed by atoms with Gasteiger partial charge in [-0.3, -0.25) is 24.1 Å². The van der Waals surface area contributed by atoms with Crippen molar-refractivity contribution in [3.63, 3.8) is 0 Å². The normalized spacial score (nSPS) is 31.7. The summed E-state index contributed by atoms with van der Waals surface area (Å²) in [5.41, 5.74) is -1.17. The summed E-state index contributed by atoms with van der Waals surface area (Å²) in [6.07, 6.45) is 0. The average molecular weight is 424 g/mol. The zero-order valence-corrected chi connectivity index (χ0v) is 17.1. The number of benzene rings is 1. The molecule has 3 unspecified atom stereocenters. The van der Waals surface area contributed by atoms with Crippen molar-refractivity contribution < 1.29 is 19.2 Å². The second-order valence-corrected chi connectivity index (χ2v) is 8.42. The minimum atomic E-state index is -1.43. The van der Waals surface area contributed by atoms with Crippen LogP contribution in [0.1, 0.15) is 24.2 Å². The SMILES string of the molecule is CCN1CC2C3C(=O)N(C)C(=O)C3[C@](C)(C1=O)N2C(=O)c1ccc(Cl)c(Cl)c1. The van der Waals surface area contributed by atoms with Gasteiger partial charge >= 0.3 is 0 Å². The van der Waals surface area contributed by atoms with Crippen molar-refractivity contribution in [1.29, 1.82) is 0 Å². The molecule has 148 valence electrons. The Kier molecular flexibility index (Phi) is 4.25. The molecule has 3 aliphatic heterocycles. The van der Waals surface area contributed by atoms with Crippen molar-refractivity contribution in [3.8, 4) is 0 Å². The van der Waals surface area contributed by atoms with Crippen molar-refractivity contribution in [1.82, 2.24) is 14.7 Å². The van der Waals surface area contributed by atoms with E-state index in [-0.39, 0.29) is 28.9 Å². The fraction of sp³-hybridized carbons (Fsp3) is 0.474. The number of piperazine rings is 1. The first-order chi connectivity index (χ1) is 13.1. The second-order valence-electron chi connectivity index (χ2n) is 7.60. The third-order valence-corrected chi connectivity index (χ3v) is 7.06. The second kappa shape index (κ2) is 6.19. The van der Waals surface area contributed by atoms with Crippen molar-refractivity contribution in [2.75, 3.05) is 20.1 Å². The van der Waals surface area contributed by atoms with Crippen LogP contribution in [0.4, 0.5) is 0 Å². The minimum absolute atomic E-state index is 0.214. The first-order valence-electron chi connectivity index (χ1n) is 9.04. The summed E-state index contributed by atoms with van der Waals surface area (Å²) in [7, 11) is 1.43. The van der Waals surface area contributed by atoms with Gasteiger partial charge in [0.25, 0.3) is 5.91 Å². The minimum Gasteiger partial charge on any atom is -0.339 e. The van der Waals surface area contributed by atoms with Gasteiger partial charge in [0.1, 0.15) is 5.54 Å². The van der Waals surface area contributed by atoms with E-state index in [4.69, 9.17) is 23.2 Å². The molecule has 3 saturated heterocycles. The standard InChI is InChI=1S/C19H19Cl2N3O4/c1-4-23-8-12-13-14(17(27)22(3)16(13)26)19(2,18(23)28)24(12)15(25)9-5-6-10(20)11(21)7-9/h5-7,12-14H,4,8H2,1-3H3/t12?,13?,14?,19-/m1/s1. The summed E-state index contributed by atoms with van der Waals surface area (Å²) < 4.78 is 0. The van der Waals surface area contributed by atoms with Crippen LogP contribution in [0.15, 0.2) is 18.2 Å². The smallest absolute Gasteiger partial charge is 0.255 e. The summed E-state index contributed by atoms with van der Waals surface area (Å²) >= 11 is 12.0. The number of nitrogens with zero attached hydrogens (tertiary/aromatic N) is 3. The number of carbonyl (C=O) groups excluding carboxylic acids is 4. The van der Waals surface area contributed by atoms with Crippen LogP contribution in [-0.2, 0) is 14.4 Å². The molecular weight excluding hydrogens is 405 g/mol. The third kappa shape index (κ3) is 2.23. The molecule has 0 aromatic heterocycles. The van der Waals surface area contributed by atoms with Crippen LogP contribution in [-0.4, -0.2) is 70.0 Å². The van der Waals surface area contributed by atoms with E-state index < -0.39 is 35.2 Å². The van der Waals surface area contributed by atoms with Gasteiger partial charge in [-0.05, 0) is 32.0 Å². The van der Waals surface area contributed by atoms with Gasteiger partial charge in [0.05, 0.1) is 27.9 Å². The highest BCUT2D eigenvalue weighted by molar-refractivity contribution is 6.42. The van der Waals surface area contributed by atoms with Gasteiger partial charge in [-0.1, -0.05) is 23.2 Å². The molecule has 28 heavy (non-hydrogen) atoms. The molecule has 3 aliphatic rings. The maximum atomic E-state index is 13.4. The number of fused-ring (bicyclic) bond motifs is 5. The summed E-state index contributed by atoms with van der Waals surface area (Å²) in [5.74, 6) is -3.13. The molecule has 0 saturated carbocycles. The maximum Gasteiger partial charge on any atom is 0.255 e. The Bertz CT molecular complexity index is 936. The Morgan fingerprint density at radius 2 is 1.86 bits per heavy atom. The fourth-order valence-corrected chi connectivity index (χ4v) is 5.23. The van der Waals surface area contributed by atoms with Gasteiger partial charge in [0.2, 0.25) is 17.7 Å². The lowest BCUT2D eigenvalue weighted by molar-refractivity contribution is -0.154. The first-order valence-corrected chi connectivity index (χ1v) is 9.79. The fourth-order valence-electron chi connectivity index (χ4n) is 4.93. The van der Waals surface area contributed by atoms with Crippen LogP contribution in [0.5, 0.6) is 0 Å². The summed E-state index contributed by atoms with van der Waals surface area (Å²) in [6, 6.07) is 3.91. The van der Waals surface area contributed by atoms with Gasteiger partial charge in [0.15, 0.2) is 0 Å². The van der Waals surface area contributed by atoms with Crippen molar-refractivity contribution in [2.24, 2.45) is 11.8 Å². The number of rotatable bonds is 2. The van der Waals surface area contributed by atoms with Crippen molar-refractivity contribution in [3.05, 3.63) is 33.8 Å². The number of likely N-dealkylation sites (N-methyl/N-ethyl adjacent to an activating group) is 1. The summed E-state index contributed by atoms with van der Waals surface area (Å²) in [4.78, 5) is 56.5. The predicted octanol–water partition coefficient (Wildman–Crippen LogP) is 1.67. The molecule has 9 heteroatoms. The van der Waals surface area contributed by atoms with Crippen LogP contribution in [0.3, 0.4) is 0 Å². The molecule has 1 aromatic carbocycles. The summed E-state index contributed by atoms with van der Waals surface area (Å²) in [5, 5.41) is 0.527. The van der Waals surface area contributed by atoms with Gasteiger partial charge in [-0.2, -0.15) is 0 Å². The molecule has 0 radical (unpaired) electrons. The molecule has 2 bridgehead atoms. The Morgan fingerprint density at radius 3 is 2.46 bits per heavy atom. The van der Waals surface area contributed by atoms with Gasteiger partial charge in [0, 0.05) is 25.7 Å².